The molecule has 0 saturated carbocycles. The Kier molecular flexibility index (Phi) is 2.60. The number of imidazole rings is 1. The second-order valence-electron chi connectivity index (χ2n) is 3.27. The van der Waals surface area contributed by atoms with Crippen LogP contribution in [0.25, 0.3) is 0 Å². The molecule has 0 bridgehead atoms. The van der Waals surface area contributed by atoms with E-state index in [9.17, 15) is 0 Å². The molecule has 0 aliphatic carbocycles. The van der Waals surface area contributed by atoms with Crippen molar-refractivity contribution in [1.82, 2.24) is 9.97 Å². The quantitative estimate of drug-likeness (QED) is 0.767. The van der Waals surface area contributed by atoms with E-state index in [0.717, 1.165) is 12.2 Å². The molecule has 1 aromatic carbocycles. The van der Waals surface area contributed by atoms with Crippen LogP contribution < -0.4 is 5.73 Å². The van der Waals surface area contributed by atoms with Crippen LogP contribution in [-0.2, 0) is 6.42 Å². The van der Waals surface area contributed by atoms with E-state index in [0.29, 0.717) is 0 Å². The fraction of sp³-hybridized carbons (Fsp3) is 0.182. The molecule has 0 aliphatic rings. The molecule has 3 N–H and O–H groups in total. The average Bonchev–Trinajstić information content (AvgIpc) is 2.72. The van der Waals surface area contributed by atoms with Gasteiger partial charge in [-0.3, -0.25) is 0 Å². The Hall–Kier alpha value is -1.61. The van der Waals surface area contributed by atoms with Crippen molar-refractivity contribution < 1.29 is 0 Å². The van der Waals surface area contributed by atoms with E-state index in [1.54, 1.807) is 12.4 Å². The van der Waals surface area contributed by atoms with Gasteiger partial charge in [-0.05, 0) is 12.0 Å². The fourth-order valence-corrected chi connectivity index (χ4v) is 1.44. The summed E-state index contributed by atoms with van der Waals surface area (Å²) in [6.45, 7) is 0. The van der Waals surface area contributed by atoms with Crippen LogP contribution in [0.15, 0.2) is 42.7 Å². The van der Waals surface area contributed by atoms with Crippen LogP contribution >= 0.6 is 0 Å². The van der Waals surface area contributed by atoms with Crippen molar-refractivity contribution in [2.75, 3.05) is 0 Å². The lowest BCUT2D eigenvalue weighted by molar-refractivity contribution is 0.677. The van der Waals surface area contributed by atoms with Gasteiger partial charge in [-0.25, -0.2) is 4.98 Å². The third-order valence-corrected chi connectivity index (χ3v) is 2.17. The minimum atomic E-state index is -0.0487. The lowest BCUT2D eigenvalue weighted by atomic mass is 10.1. The summed E-state index contributed by atoms with van der Waals surface area (Å²) < 4.78 is 0. The summed E-state index contributed by atoms with van der Waals surface area (Å²) in [7, 11) is 0. The van der Waals surface area contributed by atoms with Crippen molar-refractivity contribution in [3.05, 3.63) is 54.1 Å². The van der Waals surface area contributed by atoms with Gasteiger partial charge in [0.15, 0.2) is 0 Å². The maximum absolute atomic E-state index is 5.98. The second kappa shape index (κ2) is 4.07. The molecule has 3 heteroatoms. The molecule has 2 aromatic rings. The Labute approximate surface area is 83.0 Å². The van der Waals surface area contributed by atoms with E-state index >= 15 is 0 Å². The number of aromatic amines is 1. The van der Waals surface area contributed by atoms with Gasteiger partial charge in [-0.15, -0.1) is 0 Å². The van der Waals surface area contributed by atoms with Crippen molar-refractivity contribution in [1.29, 1.82) is 0 Å². The summed E-state index contributed by atoms with van der Waals surface area (Å²) in [5.41, 5.74) is 7.21. The molecular formula is C11H13N3. The molecule has 14 heavy (non-hydrogen) atoms. The number of nitrogens with two attached hydrogens (primary N) is 1. The van der Waals surface area contributed by atoms with Crippen molar-refractivity contribution in [2.24, 2.45) is 5.73 Å². The number of hydrogen-bond donors (Lipinski definition) is 2. The molecule has 1 heterocycles. The predicted octanol–water partition coefficient (Wildman–Crippen LogP) is 1.65. The first-order chi connectivity index (χ1) is 6.86. The van der Waals surface area contributed by atoms with E-state index in [2.05, 4.69) is 22.1 Å². The predicted molar refractivity (Wildman–Crippen MR) is 55.7 cm³/mol. The average molecular weight is 187 g/mol. The van der Waals surface area contributed by atoms with Crippen LogP contribution in [0.5, 0.6) is 0 Å². The lowest BCUT2D eigenvalue weighted by Crippen LogP contribution is -2.14. The maximum Gasteiger partial charge on any atom is 0.123 e. The molecule has 0 amide bonds. The van der Waals surface area contributed by atoms with E-state index < -0.39 is 0 Å². The van der Waals surface area contributed by atoms with Gasteiger partial charge in [0.25, 0.3) is 0 Å². The van der Waals surface area contributed by atoms with Crippen molar-refractivity contribution in [3.63, 3.8) is 0 Å². The third kappa shape index (κ3) is 2.00. The Balaban J connectivity index is 2.06. The van der Waals surface area contributed by atoms with E-state index in [-0.39, 0.29) is 6.04 Å². The molecule has 0 aliphatic heterocycles. The maximum atomic E-state index is 5.98. The molecule has 0 radical (unpaired) electrons. The smallest absolute Gasteiger partial charge is 0.123 e. The van der Waals surface area contributed by atoms with Crippen LogP contribution in [-0.4, -0.2) is 9.97 Å². The molecule has 1 unspecified atom stereocenters. The zero-order valence-corrected chi connectivity index (χ0v) is 7.85. The normalized spacial score (nSPS) is 12.6. The van der Waals surface area contributed by atoms with Crippen LogP contribution in [0.4, 0.5) is 0 Å². The standard InChI is InChI=1S/C11H13N3/c12-10(11-13-6-7-14-11)8-9-4-2-1-3-5-9/h1-7,10H,8,12H2,(H,13,14). The molecule has 0 fully saturated rings. The molecule has 0 spiro atoms. The number of nitrogens with one attached hydrogen (secondary N) is 1. The molecular weight excluding hydrogens is 174 g/mol. The van der Waals surface area contributed by atoms with Gasteiger partial charge in [0.1, 0.15) is 5.82 Å². The van der Waals surface area contributed by atoms with Gasteiger partial charge in [0.2, 0.25) is 0 Å². The van der Waals surface area contributed by atoms with Gasteiger partial charge in [-0.1, -0.05) is 30.3 Å². The zero-order chi connectivity index (χ0) is 9.80. The Bertz CT molecular complexity index is 367. The Morgan fingerprint density at radius 1 is 1.29 bits per heavy atom. The van der Waals surface area contributed by atoms with Gasteiger partial charge < -0.3 is 10.7 Å². The largest absolute Gasteiger partial charge is 0.347 e. The van der Waals surface area contributed by atoms with Gasteiger partial charge in [0.05, 0.1) is 6.04 Å². The molecule has 3 nitrogen and oxygen atoms in total. The summed E-state index contributed by atoms with van der Waals surface area (Å²) >= 11 is 0. The Morgan fingerprint density at radius 2 is 2.07 bits per heavy atom. The third-order valence-electron chi connectivity index (χ3n) is 2.17. The first kappa shape index (κ1) is 8.97. The van der Waals surface area contributed by atoms with Gasteiger partial charge in [0, 0.05) is 12.4 Å². The lowest BCUT2D eigenvalue weighted by Gasteiger charge is -2.08. The molecule has 2 rings (SSSR count). The highest BCUT2D eigenvalue weighted by Gasteiger charge is 2.08. The van der Waals surface area contributed by atoms with Crippen molar-refractivity contribution in [2.45, 2.75) is 12.5 Å². The molecule has 72 valence electrons. The number of hydrogen-bond acceptors (Lipinski definition) is 2. The van der Waals surface area contributed by atoms with E-state index in [4.69, 9.17) is 5.73 Å². The zero-order valence-electron chi connectivity index (χ0n) is 7.85. The minimum Gasteiger partial charge on any atom is -0.347 e. The monoisotopic (exact) mass is 187 g/mol. The first-order valence-electron chi connectivity index (χ1n) is 4.65. The summed E-state index contributed by atoms with van der Waals surface area (Å²) in [6, 6.07) is 10.1. The number of aromatic nitrogens is 2. The summed E-state index contributed by atoms with van der Waals surface area (Å²) in [4.78, 5) is 7.15. The number of H-pyrrole nitrogens is 1. The minimum absolute atomic E-state index is 0.0487. The van der Waals surface area contributed by atoms with E-state index in [1.807, 2.05) is 18.2 Å². The highest BCUT2D eigenvalue weighted by atomic mass is 14.9. The SMILES string of the molecule is NC(Cc1ccccc1)c1ncc[nH]1. The summed E-state index contributed by atoms with van der Waals surface area (Å²) in [5.74, 6) is 0.842. The van der Waals surface area contributed by atoms with Crippen LogP contribution in [0, 0.1) is 0 Å². The first-order valence-corrected chi connectivity index (χ1v) is 4.65. The van der Waals surface area contributed by atoms with Crippen LogP contribution in [0.1, 0.15) is 17.4 Å². The second-order valence-corrected chi connectivity index (χ2v) is 3.27. The molecule has 1 atom stereocenters. The highest BCUT2D eigenvalue weighted by molar-refractivity contribution is 5.17. The van der Waals surface area contributed by atoms with E-state index in [1.165, 1.54) is 5.56 Å². The highest BCUT2D eigenvalue weighted by Crippen LogP contribution is 2.11. The van der Waals surface area contributed by atoms with Gasteiger partial charge >= 0.3 is 0 Å². The fourth-order valence-electron chi connectivity index (χ4n) is 1.44. The summed E-state index contributed by atoms with van der Waals surface area (Å²) in [6.07, 6.45) is 4.33. The molecule has 0 saturated heterocycles. The number of nitrogens with zero attached hydrogens (tertiary/aromatic N) is 1. The number of benzene rings is 1. The van der Waals surface area contributed by atoms with Crippen LogP contribution in [0.2, 0.25) is 0 Å². The van der Waals surface area contributed by atoms with Crippen molar-refractivity contribution >= 4 is 0 Å². The Morgan fingerprint density at radius 3 is 2.71 bits per heavy atom. The topological polar surface area (TPSA) is 54.7 Å². The van der Waals surface area contributed by atoms with Crippen molar-refractivity contribution in [3.8, 4) is 0 Å². The number of rotatable bonds is 3. The van der Waals surface area contributed by atoms with Crippen LogP contribution in [0.3, 0.4) is 0 Å². The van der Waals surface area contributed by atoms with Gasteiger partial charge in [-0.2, -0.15) is 0 Å². The molecule has 1 aromatic heterocycles. The summed E-state index contributed by atoms with van der Waals surface area (Å²) in [5, 5.41) is 0.